The van der Waals surface area contributed by atoms with Gasteiger partial charge < -0.3 is 9.72 Å². The van der Waals surface area contributed by atoms with E-state index >= 15 is 0 Å². The van der Waals surface area contributed by atoms with Gasteiger partial charge in [-0.1, -0.05) is 36.0 Å². The summed E-state index contributed by atoms with van der Waals surface area (Å²) in [5.74, 6) is 0.127. The van der Waals surface area contributed by atoms with Crippen LogP contribution in [-0.2, 0) is 4.79 Å². The third-order valence-corrected chi connectivity index (χ3v) is 4.59. The molecular formula is C19H15N5OS. The highest BCUT2D eigenvalue weighted by Gasteiger charge is 2.12. The number of aromatic nitrogens is 4. The van der Waals surface area contributed by atoms with Crippen LogP contribution in [0.1, 0.15) is 0 Å². The van der Waals surface area contributed by atoms with Crippen molar-refractivity contribution in [2.24, 2.45) is 0 Å². The number of nitrogens with zero attached hydrogens (tertiary/aromatic N) is 4. The Kier molecular flexibility index (Phi) is 4.61. The van der Waals surface area contributed by atoms with Gasteiger partial charge in [-0.15, -0.1) is 0 Å². The number of pyridine rings is 1. The molecule has 7 heteroatoms. The van der Waals surface area contributed by atoms with Gasteiger partial charge in [-0.25, -0.2) is 15.0 Å². The molecule has 0 saturated carbocycles. The molecule has 1 amide bonds. The Morgan fingerprint density at radius 3 is 2.69 bits per heavy atom. The minimum Gasteiger partial charge on any atom is -0.325 e. The molecule has 3 aromatic heterocycles. The number of thioether (sulfide) groups is 1. The molecule has 0 aliphatic carbocycles. The van der Waals surface area contributed by atoms with E-state index in [0.717, 1.165) is 22.6 Å². The van der Waals surface area contributed by atoms with Gasteiger partial charge in [-0.2, -0.15) is 0 Å². The molecule has 4 rings (SSSR count). The van der Waals surface area contributed by atoms with E-state index in [-0.39, 0.29) is 11.7 Å². The van der Waals surface area contributed by atoms with E-state index in [1.165, 1.54) is 11.8 Å². The smallest absolute Gasteiger partial charge is 0.234 e. The molecule has 0 bridgehead atoms. The second kappa shape index (κ2) is 7.37. The molecule has 0 aliphatic heterocycles. The lowest BCUT2D eigenvalue weighted by molar-refractivity contribution is -0.113. The molecule has 1 N–H and O–H groups in total. The van der Waals surface area contributed by atoms with Crippen LogP contribution in [0.3, 0.4) is 0 Å². The summed E-state index contributed by atoms with van der Waals surface area (Å²) in [5.41, 5.74) is 3.28. The van der Waals surface area contributed by atoms with E-state index in [1.807, 2.05) is 59.3 Å². The van der Waals surface area contributed by atoms with Crippen LogP contribution >= 0.6 is 11.8 Å². The summed E-state index contributed by atoms with van der Waals surface area (Å²) in [5, 5.41) is 3.54. The summed E-state index contributed by atoms with van der Waals surface area (Å²) in [6.07, 6.45) is 7.22. The first-order valence-corrected chi connectivity index (χ1v) is 9.01. The molecule has 4 aromatic rings. The lowest BCUT2D eigenvalue weighted by Gasteiger charge is -2.09. The van der Waals surface area contributed by atoms with Crippen molar-refractivity contribution in [2.45, 2.75) is 5.16 Å². The molecular weight excluding hydrogens is 346 g/mol. The van der Waals surface area contributed by atoms with Crippen molar-refractivity contribution in [1.29, 1.82) is 0 Å². The van der Waals surface area contributed by atoms with Gasteiger partial charge in [0.1, 0.15) is 5.65 Å². The number of para-hydroxylation sites is 1. The van der Waals surface area contributed by atoms with Crippen molar-refractivity contribution >= 4 is 29.0 Å². The fourth-order valence-corrected chi connectivity index (χ4v) is 3.16. The molecule has 0 fully saturated rings. The van der Waals surface area contributed by atoms with Gasteiger partial charge in [-0.3, -0.25) is 4.79 Å². The maximum atomic E-state index is 12.3. The molecule has 0 unspecified atom stereocenters. The Hall–Kier alpha value is -3.19. The van der Waals surface area contributed by atoms with Gasteiger partial charge >= 0.3 is 0 Å². The van der Waals surface area contributed by atoms with E-state index in [0.29, 0.717) is 5.16 Å². The maximum absolute atomic E-state index is 12.3. The molecule has 26 heavy (non-hydrogen) atoms. The van der Waals surface area contributed by atoms with Gasteiger partial charge in [0.25, 0.3) is 0 Å². The van der Waals surface area contributed by atoms with Crippen LogP contribution in [0.4, 0.5) is 5.69 Å². The number of fused-ring (bicyclic) bond motifs is 1. The van der Waals surface area contributed by atoms with Crippen molar-refractivity contribution in [3.8, 4) is 11.3 Å². The number of carbonyl (C=O) groups excluding carboxylic acids is 1. The highest BCUT2D eigenvalue weighted by atomic mass is 32.2. The van der Waals surface area contributed by atoms with E-state index in [1.54, 1.807) is 18.5 Å². The molecule has 0 spiro atoms. The monoisotopic (exact) mass is 361 g/mol. The second-order valence-electron chi connectivity index (χ2n) is 5.51. The van der Waals surface area contributed by atoms with Crippen molar-refractivity contribution < 1.29 is 4.79 Å². The average Bonchev–Trinajstić information content (AvgIpc) is 3.12. The molecule has 0 aliphatic rings. The third-order valence-electron chi connectivity index (χ3n) is 3.72. The summed E-state index contributed by atoms with van der Waals surface area (Å²) in [6.45, 7) is 0. The van der Waals surface area contributed by atoms with Gasteiger partial charge in [0.2, 0.25) is 5.91 Å². The molecule has 3 heterocycles. The van der Waals surface area contributed by atoms with Gasteiger partial charge in [0.15, 0.2) is 5.16 Å². The summed E-state index contributed by atoms with van der Waals surface area (Å²) < 4.78 is 1.95. The first kappa shape index (κ1) is 16.3. The lowest BCUT2D eigenvalue weighted by Crippen LogP contribution is -2.15. The summed E-state index contributed by atoms with van der Waals surface area (Å²) in [7, 11) is 0. The van der Waals surface area contributed by atoms with E-state index < -0.39 is 0 Å². The highest BCUT2D eigenvalue weighted by Crippen LogP contribution is 2.27. The van der Waals surface area contributed by atoms with Crippen LogP contribution in [0.25, 0.3) is 16.9 Å². The average molecular weight is 361 g/mol. The van der Waals surface area contributed by atoms with Crippen molar-refractivity contribution in [2.75, 3.05) is 11.1 Å². The minimum absolute atomic E-state index is 0.112. The summed E-state index contributed by atoms with van der Waals surface area (Å²) >= 11 is 1.30. The Labute approximate surface area is 154 Å². The van der Waals surface area contributed by atoms with Crippen LogP contribution < -0.4 is 5.32 Å². The number of imidazole rings is 1. The fraction of sp³-hybridized carbons (Fsp3) is 0.0526. The number of anilines is 1. The summed E-state index contributed by atoms with van der Waals surface area (Å²) in [6, 6.07) is 15.2. The number of amides is 1. The standard InChI is InChI=1S/C19H15N5OS/c25-18(13-26-19-20-9-5-10-21-19)23-15-7-2-1-6-14(15)16-12-24-11-4-3-8-17(24)22-16/h1-12H,13H2,(H,23,25). The number of carbonyl (C=O) groups is 1. The van der Waals surface area contributed by atoms with Crippen LogP contribution in [0.15, 0.2) is 78.5 Å². The zero-order chi connectivity index (χ0) is 17.8. The summed E-state index contributed by atoms with van der Waals surface area (Å²) in [4.78, 5) is 25.2. The quantitative estimate of drug-likeness (QED) is 0.435. The highest BCUT2D eigenvalue weighted by molar-refractivity contribution is 7.99. The number of hydrogen-bond donors (Lipinski definition) is 1. The maximum Gasteiger partial charge on any atom is 0.234 e. The largest absolute Gasteiger partial charge is 0.325 e. The number of benzene rings is 1. The zero-order valence-electron chi connectivity index (χ0n) is 13.7. The Morgan fingerprint density at radius 1 is 1.04 bits per heavy atom. The predicted octanol–water partition coefficient (Wildman–Crippen LogP) is 3.52. The third kappa shape index (κ3) is 3.57. The zero-order valence-corrected chi connectivity index (χ0v) is 14.6. The Balaban J connectivity index is 1.53. The second-order valence-corrected chi connectivity index (χ2v) is 6.45. The molecule has 0 saturated heterocycles. The Morgan fingerprint density at radius 2 is 1.85 bits per heavy atom. The van der Waals surface area contributed by atoms with Gasteiger partial charge in [0, 0.05) is 30.4 Å². The predicted molar refractivity (Wildman–Crippen MR) is 102 cm³/mol. The molecule has 0 radical (unpaired) electrons. The van der Waals surface area contributed by atoms with E-state index in [2.05, 4.69) is 20.3 Å². The van der Waals surface area contributed by atoms with E-state index in [9.17, 15) is 4.79 Å². The Bertz CT molecular complexity index is 1010. The van der Waals surface area contributed by atoms with Crippen LogP contribution in [0.5, 0.6) is 0 Å². The number of rotatable bonds is 5. The normalized spacial score (nSPS) is 10.8. The fourth-order valence-electron chi connectivity index (χ4n) is 2.56. The van der Waals surface area contributed by atoms with Crippen LogP contribution in [0, 0.1) is 0 Å². The first-order valence-electron chi connectivity index (χ1n) is 8.02. The lowest BCUT2D eigenvalue weighted by atomic mass is 10.1. The topological polar surface area (TPSA) is 72.2 Å². The molecule has 6 nitrogen and oxygen atoms in total. The molecule has 1 aromatic carbocycles. The van der Waals surface area contributed by atoms with Gasteiger partial charge in [-0.05, 0) is 24.3 Å². The SMILES string of the molecule is O=C(CSc1ncccn1)Nc1ccccc1-c1cn2ccccc2n1. The van der Waals surface area contributed by atoms with E-state index in [4.69, 9.17) is 0 Å². The van der Waals surface area contributed by atoms with Crippen LogP contribution in [-0.4, -0.2) is 31.0 Å². The van der Waals surface area contributed by atoms with Crippen molar-refractivity contribution in [3.05, 3.63) is 73.3 Å². The van der Waals surface area contributed by atoms with Gasteiger partial charge in [0.05, 0.1) is 17.1 Å². The van der Waals surface area contributed by atoms with Crippen LogP contribution in [0.2, 0.25) is 0 Å². The number of hydrogen-bond acceptors (Lipinski definition) is 5. The minimum atomic E-state index is -0.112. The van der Waals surface area contributed by atoms with Crippen molar-refractivity contribution in [3.63, 3.8) is 0 Å². The molecule has 128 valence electrons. The molecule has 0 atom stereocenters. The first-order chi connectivity index (χ1) is 12.8. The number of nitrogens with one attached hydrogen (secondary N) is 1. The van der Waals surface area contributed by atoms with Crippen molar-refractivity contribution in [1.82, 2.24) is 19.4 Å².